The maximum Gasteiger partial charge on any atom is 0.302 e. The molecule has 0 aromatic heterocycles. The summed E-state index contributed by atoms with van der Waals surface area (Å²) in [6.45, 7) is 0.710. The van der Waals surface area contributed by atoms with Gasteiger partial charge in [0, 0.05) is 13.5 Å². The zero-order valence-electron chi connectivity index (χ0n) is 9.16. The Hall–Kier alpha value is -0.850. The second-order valence-electron chi connectivity index (χ2n) is 3.62. The summed E-state index contributed by atoms with van der Waals surface area (Å²) >= 11 is 0. The van der Waals surface area contributed by atoms with Gasteiger partial charge >= 0.3 is 5.97 Å². The van der Waals surface area contributed by atoms with Crippen LogP contribution in [0, 0.1) is 0 Å². The number of alkyl halides is 4. The van der Waals surface area contributed by atoms with Crippen molar-refractivity contribution in [3.63, 3.8) is 0 Å². The summed E-state index contributed by atoms with van der Waals surface area (Å²) in [7, 11) is 0. The van der Waals surface area contributed by atoms with Gasteiger partial charge in [-0.05, 0) is 6.92 Å². The number of hydrogen-bond donors (Lipinski definition) is 1. The van der Waals surface area contributed by atoms with Crippen LogP contribution in [-0.2, 0) is 9.53 Å². The lowest BCUT2D eigenvalue weighted by Gasteiger charge is -2.20. The summed E-state index contributed by atoms with van der Waals surface area (Å²) in [5.74, 6) is -7.40. The Morgan fingerprint density at radius 2 is 1.88 bits per heavy atom. The van der Waals surface area contributed by atoms with E-state index in [4.69, 9.17) is 0 Å². The van der Waals surface area contributed by atoms with Crippen molar-refractivity contribution in [2.75, 3.05) is 19.7 Å². The predicted molar refractivity (Wildman–Crippen MR) is 49.7 cm³/mol. The third-order valence-electron chi connectivity index (χ3n) is 1.54. The highest BCUT2D eigenvalue weighted by Crippen LogP contribution is 2.29. The molecule has 0 fully saturated rings. The molecule has 16 heavy (non-hydrogen) atoms. The van der Waals surface area contributed by atoms with Crippen LogP contribution < -0.4 is 5.32 Å². The van der Waals surface area contributed by atoms with Crippen LogP contribution in [0.1, 0.15) is 20.3 Å². The molecule has 3 nitrogen and oxygen atoms in total. The van der Waals surface area contributed by atoms with Gasteiger partial charge in [-0.3, -0.25) is 4.79 Å². The molecule has 0 atom stereocenters. The first kappa shape index (κ1) is 15.2. The van der Waals surface area contributed by atoms with Crippen molar-refractivity contribution in [3.8, 4) is 0 Å². The van der Waals surface area contributed by atoms with E-state index in [1.807, 2.05) is 0 Å². The first-order chi connectivity index (χ1) is 7.12. The molecular formula is C9H15F4NO2. The molecule has 0 aromatic rings. The van der Waals surface area contributed by atoms with Crippen molar-refractivity contribution >= 4 is 5.97 Å². The van der Waals surface area contributed by atoms with Crippen molar-refractivity contribution in [2.45, 2.75) is 32.1 Å². The van der Waals surface area contributed by atoms with Crippen LogP contribution >= 0.6 is 0 Å². The Balaban J connectivity index is 3.70. The molecule has 0 aliphatic rings. The van der Waals surface area contributed by atoms with Gasteiger partial charge in [0.2, 0.25) is 0 Å². The third-order valence-corrected chi connectivity index (χ3v) is 1.54. The summed E-state index contributed by atoms with van der Waals surface area (Å²) in [5.41, 5.74) is 0. The highest BCUT2D eigenvalue weighted by Gasteiger charge is 2.39. The van der Waals surface area contributed by atoms with E-state index in [0.29, 0.717) is 6.92 Å². The van der Waals surface area contributed by atoms with Gasteiger partial charge in [-0.2, -0.15) is 0 Å². The van der Waals surface area contributed by atoms with Gasteiger partial charge in [-0.1, -0.05) is 0 Å². The third kappa shape index (κ3) is 9.70. The first-order valence-corrected chi connectivity index (χ1v) is 4.72. The molecule has 1 N–H and O–H groups in total. The minimum Gasteiger partial charge on any atom is -0.465 e. The quantitative estimate of drug-likeness (QED) is 0.422. The van der Waals surface area contributed by atoms with E-state index < -0.39 is 30.8 Å². The van der Waals surface area contributed by atoms with Gasteiger partial charge in [0.05, 0.1) is 13.0 Å². The molecule has 7 heteroatoms. The second kappa shape index (κ2) is 6.03. The molecule has 0 bridgehead atoms. The monoisotopic (exact) mass is 245 g/mol. The highest BCUT2D eigenvalue weighted by molar-refractivity contribution is 5.65. The van der Waals surface area contributed by atoms with Crippen molar-refractivity contribution in [1.82, 2.24) is 5.32 Å². The minimum atomic E-state index is -3.48. The average Bonchev–Trinajstić information content (AvgIpc) is 1.97. The summed E-state index contributed by atoms with van der Waals surface area (Å²) in [6, 6.07) is 0. The number of carbonyl (C=O) groups is 1. The van der Waals surface area contributed by atoms with Crippen LogP contribution in [0.5, 0.6) is 0 Å². The lowest BCUT2D eigenvalue weighted by Crippen LogP contribution is -2.38. The summed E-state index contributed by atoms with van der Waals surface area (Å²) in [4.78, 5) is 10.3. The van der Waals surface area contributed by atoms with Gasteiger partial charge < -0.3 is 10.1 Å². The van der Waals surface area contributed by atoms with Crippen LogP contribution in [-0.4, -0.2) is 37.5 Å². The zero-order chi connectivity index (χ0) is 12.8. The fourth-order valence-electron chi connectivity index (χ4n) is 1.05. The average molecular weight is 245 g/mol. The molecule has 0 saturated heterocycles. The lowest BCUT2D eigenvalue weighted by atomic mass is 10.1. The molecule has 0 spiro atoms. The van der Waals surface area contributed by atoms with Crippen LogP contribution in [0.2, 0.25) is 0 Å². The molecule has 0 aromatic carbocycles. The lowest BCUT2D eigenvalue weighted by molar-refractivity contribution is -0.140. The maximum absolute atomic E-state index is 12.9. The maximum atomic E-state index is 12.9. The van der Waals surface area contributed by atoms with Crippen molar-refractivity contribution in [3.05, 3.63) is 0 Å². The Kier molecular flexibility index (Phi) is 5.71. The van der Waals surface area contributed by atoms with E-state index in [9.17, 15) is 22.4 Å². The predicted octanol–water partition coefficient (Wildman–Crippen LogP) is 1.82. The van der Waals surface area contributed by atoms with Crippen molar-refractivity contribution in [2.24, 2.45) is 0 Å². The SMILES string of the molecule is CC(=O)OCCNCC(F)(F)CC(C)(F)F. The minimum absolute atomic E-state index is 0.00442. The topological polar surface area (TPSA) is 38.3 Å². The van der Waals surface area contributed by atoms with Gasteiger partial charge in [-0.25, -0.2) is 17.6 Å². The number of hydrogen-bond acceptors (Lipinski definition) is 3. The number of rotatable bonds is 7. The Labute approximate surface area is 91.1 Å². The molecule has 0 unspecified atom stereocenters. The Bertz CT molecular complexity index is 228. The van der Waals surface area contributed by atoms with E-state index in [1.54, 1.807) is 0 Å². The second-order valence-corrected chi connectivity index (χ2v) is 3.62. The van der Waals surface area contributed by atoms with Crippen molar-refractivity contribution in [1.29, 1.82) is 0 Å². The molecule has 96 valence electrons. The van der Waals surface area contributed by atoms with E-state index >= 15 is 0 Å². The van der Waals surface area contributed by atoms with Gasteiger partial charge in [0.25, 0.3) is 11.8 Å². The Morgan fingerprint density at radius 3 is 2.31 bits per heavy atom. The molecule has 0 rings (SSSR count). The van der Waals surface area contributed by atoms with E-state index in [0.717, 1.165) is 0 Å². The van der Waals surface area contributed by atoms with E-state index in [1.165, 1.54) is 6.92 Å². The van der Waals surface area contributed by atoms with Crippen LogP contribution in [0.4, 0.5) is 17.6 Å². The van der Waals surface area contributed by atoms with Gasteiger partial charge in [0.1, 0.15) is 6.61 Å². The molecule has 0 aliphatic carbocycles. The van der Waals surface area contributed by atoms with E-state index in [2.05, 4.69) is 10.1 Å². The van der Waals surface area contributed by atoms with E-state index in [-0.39, 0.29) is 13.2 Å². The number of halogens is 4. The van der Waals surface area contributed by atoms with Crippen LogP contribution in [0.15, 0.2) is 0 Å². The molecule has 0 saturated carbocycles. The molecule has 0 amide bonds. The van der Waals surface area contributed by atoms with Gasteiger partial charge in [0.15, 0.2) is 0 Å². The fraction of sp³-hybridized carbons (Fsp3) is 0.889. The number of nitrogens with one attached hydrogen (secondary N) is 1. The van der Waals surface area contributed by atoms with Crippen LogP contribution in [0.3, 0.4) is 0 Å². The van der Waals surface area contributed by atoms with Gasteiger partial charge in [-0.15, -0.1) is 0 Å². The molecular weight excluding hydrogens is 230 g/mol. The largest absolute Gasteiger partial charge is 0.465 e. The summed E-state index contributed by atoms with van der Waals surface area (Å²) < 4.78 is 54.8. The highest BCUT2D eigenvalue weighted by atomic mass is 19.3. The van der Waals surface area contributed by atoms with Crippen molar-refractivity contribution < 1.29 is 27.1 Å². The molecule has 0 aliphatic heterocycles. The summed E-state index contributed by atoms with van der Waals surface area (Å²) in [5, 5.41) is 2.24. The zero-order valence-corrected chi connectivity index (χ0v) is 9.16. The first-order valence-electron chi connectivity index (χ1n) is 4.72. The smallest absolute Gasteiger partial charge is 0.302 e. The van der Waals surface area contributed by atoms with Crippen LogP contribution in [0.25, 0.3) is 0 Å². The normalized spacial score (nSPS) is 12.6. The number of carbonyl (C=O) groups excluding carboxylic acids is 1. The molecule has 0 radical (unpaired) electrons. The molecule has 0 heterocycles. The number of ether oxygens (including phenoxy) is 1. The number of esters is 1. The Morgan fingerprint density at radius 1 is 1.31 bits per heavy atom. The fourth-order valence-corrected chi connectivity index (χ4v) is 1.05. The standard InChI is InChI=1S/C9H15F4NO2/c1-7(15)16-4-3-14-6-9(12,13)5-8(2,10)11/h14H,3-6H2,1-2H3. The summed E-state index contributed by atoms with van der Waals surface area (Å²) in [6.07, 6.45) is -1.50.